The molecule has 13 heavy (non-hydrogen) atoms. The number of benzene rings is 1. The molecule has 2 rings (SSSR count). The van der Waals surface area contributed by atoms with Crippen molar-refractivity contribution >= 4 is 11.1 Å². The second-order valence-electron chi connectivity index (χ2n) is 3.63. The van der Waals surface area contributed by atoms with Gasteiger partial charge in [0.1, 0.15) is 5.52 Å². The van der Waals surface area contributed by atoms with Crippen molar-refractivity contribution in [2.75, 3.05) is 0 Å². The van der Waals surface area contributed by atoms with E-state index in [2.05, 4.69) is 18.8 Å². The number of hydrogen-bond acceptors (Lipinski definition) is 2. The van der Waals surface area contributed by atoms with E-state index < -0.39 is 0 Å². The van der Waals surface area contributed by atoms with Gasteiger partial charge in [-0.25, -0.2) is 4.98 Å². The van der Waals surface area contributed by atoms with Crippen LogP contribution in [0.2, 0.25) is 0 Å². The third kappa shape index (κ3) is 1.32. The molecule has 0 saturated heterocycles. The summed E-state index contributed by atoms with van der Waals surface area (Å²) < 4.78 is 5.65. The van der Waals surface area contributed by atoms with E-state index in [0.29, 0.717) is 5.92 Å². The van der Waals surface area contributed by atoms with Crippen LogP contribution in [0.5, 0.6) is 0 Å². The van der Waals surface area contributed by atoms with Gasteiger partial charge in [-0.1, -0.05) is 26.0 Å². The molecule has 0 amide bonds. The monoisotopic (exact) mass is 175 g/mol. The summed E-state index contributed by atoms with van der Waals surface area (Å²) in [4.78, 5) is 4.41. The molecule has 2 heteroatoms. The van der Waals surface area contributed by atoms with E-state index in [4.69, 9.17) is 4.42 Å². The van der Waals surface area contributed by atoms with Crippen molar-refractivity contribution in [3.63, 3.8) is 0 Å². The molecule has 1 aromatic heterocycles. The largest absolute Gasteiger partial charge is 0.440 e. The molecule has 0 aliphatic rings. The predicted octanol–water partition coefficient (Wildman–Crippen LogP) is 3.26. The van der Waals surface area contributed by atoms with Gasteiger partial charge in [0, 0.05) is 5.92 Å². The fourth-order valence-corrected chi connectivity index (χ4v) is 1.35. The van der Waals surface area contributed by atoms with Gasteiger partial charge in [0.05, 0.1) is 0 Å². The van der Waals surface area contributed by atoms with Crippen molar-refractivity contribution in [3.05, 3.63) is 29.7 Å². The first-order chi connectivity index (χ1) is 6.18. The number of hydrogen-bond donors (Lipinski definition) is 0. The number of para-hydroxylation sites is 1. The molecule has 0 aliphatic carbocycles. The van der Waals surface area contributed by atoms with Crippen LogP contribution in [-0.2, 0) is 0 Å². The lowest BCUT2D eigenvalue weighted by atomic mass is 10.2. The highest BCUT2D eigenvalue weighted by atomic mass is 16.3. The Morgan fingerprint density at radius 1 is 1.31 bits per heavy atom. The Morgan fingerprint density at radius 2 is 2.08 bits per heavy atom. The van der Waals surface area contributed by atoms with E-state index in [1.165, 1.54) is 0 Å². The van der Waals surface area contributed by atoms with Crippen molar-refractivity contribution in [2.24, 2.45) is 0 Å². The number of rotatable bonds is 1. The maximum Gasteiger partial charge on any atom is 0.198 e. The smallest absolute Gasteiger partial charge is 0.198 e. The second kappa shape index (κ2) is 2.87. The lowest BCUT2D eigenvalue weighted by Gasteiger charge is -1.94. The molecule has 0 unspecified atom stereocenters. The summed E-state index contributed by atoms with van der Waals surface area (Å²) in [5.41, 5.74) is 3.03. The van der Waals surface area contributed by atoms with Crippen molar-refractivity contribution in [1.82, 2.24) is 4.98 Å². The van der Waals surface area contributed by atoms with Gasteiger partial charge in [0.15, 0.2) is 11.5 Å². The summed E-state index contributed by atoms with van der Waals surface area (Å²) in [7, 11) is 0. The molecular weight excluding hydrogens is 162 g/mol. The van der Waals surface area contributed by atoms with E-state index in [1.54, 1.807) is 0 Å². The highest BCUT2D eigenvalue weighted by Crippen LogP contribution is 2.23. The molecule has 1 heterocycles. The summed E-state index contributed by atoms with van der Waals surface area (Å²) in [6, 6.07) is 6.03. The third-order valence-corrected chi connectivity index (χ3v) is 2.12. The fourth-order valence-electron chi connectivity index (χ4n) is 1.35. The van der Waals surface area contributed by atoms with Crippen molar-refractivity contribution in [2.45, 2.75) is 26.7 Å². The zero-order valence-corrected chi connectivity index (χ0v) is 8.16. The van der Waals surface area contributed by atoms with Crippen LogP contribution < -0.4 is 0 Å². The van der Waals surface area contributed by atoms with Crippen LogP contribution in [0.3, 0.4) is 0 Å². The molecule has 0 aliphatic heterocycles. The molecule has 1 aromatic carbocycles. The van der Waals surface area contributed by atoms with Crippen LogP contribution in [0.1, 0.15) is 31.2 Å². The van der Waals surface area contributed by atoms with Gasteiger partial charge in [-0.2, -0.15) is 0 Å². The zero-order valence-electron chi connectivity index (χ0n) is 8.16. The molecule has 0 bridgehead atoms. The average molecular weight is 175 g/mol. The highest BCUT2D eigenvalue weighted by molar-refractivity contribution is 5.76. The first-order valence-corrected chi connectivity index (χ1v) is 4.54. The van der Waals surface area contributed by atoms with Gasteiger partial charge in [-0.15, -0.1) is 0 Å². The van der Waals surface area contributed by atoms with Crippen LogP contribution in [0.4, 0.5) is 0 Å². The van der Waals surface area contributed by atoms with E-state index in [9.17, 15) is 0 Å². The topological polar surface area (TPSA) is 26.0 Å². The summed E-state index contributed by atoms with van der Waals surface area (Å²) in [5, 5.41) is 0. The lowest BCUT2D eigenvalue weighted by Crippen LogP contribution is -1.84. The number of aryl methyl sites for hydroxylation is 1. The molecule has 0 radical (unpaired) electrons. The quantitative estimate of drug-likeness (QED) is 0.664. The Kier molecular flexibility index (Phi) is 1.83. The minimum Gasteiger partial charge on any atom is -0.440 e. The molecule has 2 aromatic rings. The number of oxazole rings is 1. The van der Waals surface area contributed by atoms with E-state index in [0.717, 1.165) is 22.6 Å². The standard InChI is InChI=1S/C11H13NO/c1-7(2)11-12-9-6-4-5-8(3)10(9)13-11/h4-7H,1-3H3. The van der Waals surface area contributed by atoms with Crippen molar-refractivity contribution in [3.8, 4) is 0 Å². The fraction of sp³-hybridized carbons (Fsp3) is 0.364. The molecular formula is C11H13NO. The first kappa shape index (κ1) is 8.30. The Morgan fingerprint density at radius 3 is 2.69 bits per heavy atom. The van der Waals surface area contributed by atoms with Crippen LogP contribution >= 0.6 is 0 Å². The summed E-state index contributed by atoms with van der Waals surface area (Å²) in [6.45, 7) is 6.21. The van der Waals surface area contributed by atoms with Crippen molar-refractivity contribution in [1.29, 1.82) is 0 Å². The SMILES string of the molecule is Cc1cccc2nc(C(C)C)oc12. The molecule has 0 spiro atoms. The van der Waals surface area contributed by atoms with Crippen LogP contribution in [0, 0.1) is 6.92 Å². The normalized spacial score (nSPS) is 11.4. The second-order valence-corrected chi connectivity index (χ2v) is 3.63. The minimum absolute atomic E-state index is 0.354. The molecule has 2 nitrogen and oxygen atoms in total. The predicted molar refractivity (Wildman–Crippen MR) is 52.8 cm³/mol. The Balaban J connectivity index is 2.68. The average Bonchev–Trinajstić information content (AvgIpc) is 2.49. The molecule has 0 saturated carbocycles. The van der Waals surface area contributed by atoms with E-state index >= 15 is 0 Å². The number of nitrogens with zero attached hydrogens (tertiary/aromatic N) is 1. The summed E-state index contributed by atoms with van der Waals surface area (Å²) in [5.74, 6) is 1.18. The lowest BCUT2D eigenvalue weighted by molar-refractivity contribution is 0.500. The Bertz CT molecular complexity index is 429. The van der Waals surface area contributed by atoms with Crippen LogP contribution in [-0.4, -0.2) is 4.98 Å². The third-order valence-electron chi connectivity index (χ3n) is 2.12. The van der Waals surface area contributed by atoms with Gasteiger partial charge in [0.2, 0.25) is 0 Å². The zero-order chi connectivity index (χ0) is 9.42. The van der Waals surface area contributed by atoms with Gasteiger partial charge < -0.3 is 4.42 Å². The molecule has 0 fully saturated rings. The van der Waals surface area contributed by atoms with E-state index in [-0.39, 0.29) is 0 Å². The van der Waals surface area contributed by atoms with Gasteiger partial charge in [0.25, 0.3) is 0 Å². The Hall–Kier alpha value is -1.31. The number of aromatic nitrogens is 1. The summed E-state index contributed by atoms with van der Waals surface area (Å²) >= 11 is 0. The number of fused-ring (bicyclic) bond motifs is 1. The molecule has 0 N–H and O–H groups in total. The van der Waals surface area contributed by atoms with Crippen LogP contribution in [0.15, 0.2) is 22.6 Å². The minimum atomic E-state index is 0.354. The van der Waals surface area contributed by atoms with Gasteiger partial charge in [-0.3, -0.25) is 0 Å². The Labute approximate surface area is 77.6 Å². The first-order valence-electron chi connectivity index (χ1n) is 4.54. The highest BCUT2D eigenvalue weighted by Gasteiger charge is 2.09. The molecule has 0 atom stereocenters. The van der Waals surface area contributed by atoms with E-state index in [1.807, 2.05) is 25.1 Å². The van der Waals surface area contributed by atoms with Crippen molar-refractivity contribution < 1.29 is 4.42 Å². The maximum atomic E-state index is 5.65. The maximum absolute atomic E-state index is 5.65. The summed E-state index contributed by atoms with van der Waals surface area (Å²) in [6.07, 6.45) is 0. The molecule has 68 valence electrons. The van der Waals surface area contributed by atoms with Gasteiger partial charge >= 0.3 is 0 Å². The van der Waals surface area contributed by atoms with Gasteiger partial charge in [-0.05, 0) is 18.6 Å². The van der Waals surface area contributed by atoms with Crippen LogP contribution in [0.25, 0.3) is 11.1 Å².